The van der Waals surface area contributed by atoms with E-state index in [-0.39, 0.29) is 5.91 Å². The number of amides is 1. The van der Waals surface area contributed by atoms with Crippen molar-refractivity contribution in [3.05, 3.63) is 54.1 Å². The zero-order valence-corrected chi connectivity index (χ0v) is 15.4. The van der Waals surface area contributed by atoms with Crippen molar-refractivity contribution in [2.75, 3.05) is 44.8 Å². The van der Waals surface area contributed by atoms with E-state index >= 15 is 0 Å². The van der Waals surface area contributed by atoms with Gasteiger partial charge in [-0.3, -0.25) is 4.79 Å². The average molecular weight is 353 g/mol. The first kappa shape index (κ1) is 18.4. The molecule has 2 N–H and O–H groups in total. The average Bonchev–Trinajstić information content (AvgIpc) is 2.69. The van der Waals surface area contributed by atoms with Crippen molar-refractivity contribution in [2.24, 2.45) is 5.73 Å². The molecule has 26 heavy (non-hydrogen) atoms. The maximum atomic E-state index is 11.9. The van der Waals surface area contributed by atoms with Crippen molar-refractivity contribution in [1.29, 1.82) is 0 Å². The maximum Gasteiger partial charge on any atom is 0.223 e. The van der Waals surface area contributed by atoms with E-state index in [4.69, 9.17) is 10.5 Å². The molecule has 3 rings (SSSR count). The van der Waals surface area contributed by atoms with E-state index in [1.165, 1.54) is 11.3 Å². The summed E-state index contributed by atoms with van der Waals surface area (Å²) < 4.78 is 5.41. The molecule has 0 saturated carbocycles. The number of nitrogens with zero attached hydrogens (tertiary/aromatic N) is 2. The Balaban J connectivity index is 1.70. The molecule has 0 aromatic heterocycles. The summed E-state index contributed by atoms with van der Waals surface area (Å²) >= 11 is 0. The third kappa shape index (κ3) is 4.62. The molecule has 1 aliphatic rings. The Labute approximate surface area is 155 Å². The standard InChI is InChI=1S/C21H27N3O2/c1-23(21(25)9-10-22)16-17-3-2-4-19(15-17)18-5-7-20(8-6-18)24-11-13-26-14-12-24/h2-8,15H,9-14,16,22H2,1H3. The van der Waals surface area contributed by atoms with E-state index in [1.54, 1.807) is 4.90 Å². The molecule has 1 aliphatic heterocycles. The Morgan fingerprint density at radius 1 is 1.12 bits per heavy atom. The van der Waals surface area contributed by atoms with E-state index in [0.717, 1.165) is 37.4 Å². The van der Waals surface area contributed by atoms with E-state index in [1.807, 2.05) is 13.1 Å². The summed E-state index contributed by atoms with van der Waals surface area (Å²) in [7, 11) is 1.82. The number of hydrogen-bond acceptors (Lipinski definition) is 4. The smallest absolute Gasteiger partial charge is 0.223 e. The normalized spacial score (nSPS) is 14.3. The maximum absolute atomic E-state index is 11.9. The second kappa shape index (κ2) is 8.83. The number of ether oxygens (including phenoxy) is 1. The molecule has 0 aliphatic carbocycles. The van der Waals surface area contributed by atoms with Crippen LogP contribution in [0.1, 0.15) is 12.0 Å². The van der Waals surface area contributed by atoms with Crippen LogP contribution in [0.15, 0.2) is 48.5 Å². The number of nitrogens with two attached hydrogens (primary N) is 1. The molecule has 138 valence electrons. The molecule has 1 saturated heterocycles. The van der Waals surface area contributed by atoms with Crippen LogP contribution in [0, 0.1) is 0 Å². The van der Waals surface area contributed by atoms with Gasteiger partial charge in [0.2, 0.25) is 5.91 Å². The number of carbonyl (C=O) groups excluding carboxylic acids is 1. The fourth-order valence-electron chi connectivity index (χ4n) is 3.21. The lowest BCUT2D eigenvalue weighted by molar-refractivity contribution is -0.130. The monoisotopic (exact) mass is 353 g/mol. The van der Waals surface area contributed by atoms with Crippen LogP contribution in [-0.4, -0.2) is 50.7 Å². The highest BCUT2D eigenvalue weighted by molar-refractivity contribution is 5.76. The lowest BCUT2D eigenvalue weighted by atomic mass is 10.0. The summed E-state index contributed by atoms with van der Waals surface area (Å²) in [5.74, 6) is 0.0766. The Morgan fingerprint density at radius 3 is 2.54 bits per heavy atom. The lowest BCUT2D eigenvalue weighted by Gasteiger charge is -2.29. The summed E-state index contributed by atoms with van der Waals surface area (Å²) in [4.78, 5) is 16.0. The molecule has 0 atom stereocenters. The van der Waals surface area contributed by atoms with Gasteiger partial charge in [-0.25, -0.2) is 0 Å². The SMILES string of the molecule is CN(Cc1cccc(-c2ccc(N3CCOCC3)cc2)c1)C(=O)CCN. The van der Waals surface area contributed by atoms with Gasteiger partial charge in [0.1, 0.15) is 0 Å². The molecule has 1 fully saturated rings. The number of anilines is 1. The van der Waals surface area contributed by atoms with Gasteiger partial charge in [0, 0.05) is 45.3 Å². The lowest BCUT2D eigenvalue weighted by Crippen LogP contribution is -2.36. The molecule has 5 nitrogen and oxygen atoms in total. The topological polar surface area (TPSA) is 58.8 Å². The van der Waals surface area contributed by atoms with Crippen molar-refractivity contribution >= 4 is 11.6 Å². The fourth-order valence-corrected chi connectivity index (χ4v) is 3.21. The molecule has 0 radical (unpaired) electrons. The van der Waals surface area contributed by atoms with Gasteiger partial charge >= 0.3 is 0 Å². The van der Waals surface area contributed by atoms with Gasteiger partial charge in [-0.1, -0.05) is 30.3 Å². The van der Waals surface area contributed by atoms with Crippen LogP contribution >= 0.6 is 0 Å². The van der Waals surface area contributed by atoms with Crippen molar-refractivity contribution < 1.29 is 9.53 Å². The molecule has 1 amide bonds. The highest BCUT2D eigenvalue weighted by atomic mass is 16.5. The third-order valence-electron chi connectivity index (χ3n) is 4.71. The molecule has 0 unspecified atom stereocenters. The molecular formula is C21H27N3O2. The molecule has 5 heteroatoms. The van der Waals surface area contributed by atoms with Gasteiger partial charge < -0.3 is 20.3 Å². The van der Waals surface area contributed by atoms with Crippen LogP contribution in [0.5, 0.6) is 0 Å². The first-order valence-electron chi connectivity index (χ1n) is 9.13. The molecular weight excluding hydrogens is 326 g/mol. The first-order chi connectivity index (χ1) is 12.7. The summed E-state index contributed by atoms with van der Waals surface area (Å²) in [6, 6.07) is 17.0. The van der Waals surface area contributed by atoms with Crippen LogP contribution in [0.2, 0.25) is 0 Å². The fraction of sp³-hybridized carbons (Fsp3) is 0.381. The Morgan fingerprint density at radius 2 is 1.85 bits per heavy atom. The summed E-state index contributed by atoms with van der Waals surface area (Å²) in [5, 5.41) is 0. The van der Waals surface area contributed by atoms with Crippen LogP contribution < -0.4 is 10.6 Å². The highest BCUT2D eigenvalue weighted by Crippen LogP contribution is 2.25. The predicted octanol–water partition coefficient (Wildman–Crippen LogP) is 2.50. The molecule has 1 heterocycles. The molecule has 2 aromatic carbocycles. The molecule has 0 spiro atoms. The zero-order chi connectivity index (χ0) is 18.4. The van der Waals surface area contributed by atoms with Crippen molar-refractivity contribution in [3.8, 4) is 11.1 Å². The number of rotatable bonds is 6. The first-order valence-corrected chi connectivity index (χ1v) is 9.13. The van der Waals surface area contributed by atoms with Crippen LogP contribution in [0.25, 0.3) is 11.1 Å². The second-order valence-corrected chi connectivity index (χ2v) is 6.64. The number of carbonyl (C=O) groups is 1. The quantitative estimate of drug-likeness (QED) is 0.867. The number of benzene rings is 2. The van der Waals surface area contributed by atoms with Gasteiger partial charge in [-0.05, 0) is 34.9 Å². The molecule has 2 aromatic rings. The Kier molecular flexibility index (Phi) is 6.26. The highest BCUT2D eigenvalue weighted by Gasteiger charge is 2.12. The summed E-state index contributed by atoms with van der Waals surface area (Å²) in [6.07, 6.45) is 0.388. The van der Waals surface area contributed by atoms with Crippen LogP contribution in [-0.2, 0) is 16.1 Å². The van der Waals surface area contributed by atoms with E-state index in [0.29, 0.717) is 19.5 Å². The van der Waals surface area contributed by atoms with Gasteiger partial charge in [-0.2, -0.15) is 0 Å². The van der Waals surface area contributed by atoms with Crippen LogP contribution in [0.4, 0.5) is 5.69 Å². The largest absolute Gasteiger partial charge is 0.378 e. The van der Waals surface area contributed by atoms with E-state index in [2.05, 4.69) is 47.4 Å². The van der Waals surface area contributed by atoms with Gasteiger partial charge in [-0.15, -0.1) is 0 Å². The van der Waals surface area contributed by atoms with Crippen molar-refractivity contribution in [1.82, 2.24) is 4.90 Å². The summed E-state index contributed by atoms with van der Waals surface area (Å²) in [5.41, 5.74) is 10.2. The Hall–Kier alpha value is -2.37. The van der Waals surface area contributed by atoms with Gasteiger partial charge in [0.15, 0.2) is 0 Å². The minimum Gasteiger partial charge on any atom is -0.378 e. The summed E-state index contributed by atoms with van der Waals surface area (Å²) in [6.45, 7) is 4.45. The predicted molar refractivity (Wildman–Crippen MR) is 105 cm³/mol. The minimum absolute atomic E-state index is 0.0766. The Bertz CT molecular complexity index is 724. The second-order valence-electron chi connectivity index (χ2n) is 6.64. The van der Waals surface area contributed by atoms with Crippen molar-refractivity contribution in [3.63, 3.8) is 0 Å². The van der Waals surface area contributed by atoms with Crippen molar-refractivity contribution in [2.45, 2.75) is 13.0 Å². The van der Waals surface area contributed by atoms with E-state index < -0.39 is 0 Å². The zero-order valence-electron chi connectivity index (χ0n) is 15.4. The number of morpholine rings is 1. The number of hydrogen-bond donors (Lipinski definition) is 1. The van der Waals surface area contributed by atoms with E-state index in [9.17, 15) is 4.79 Å². The van der Waals surface area contributed by atoms with Crippen LogP contribution in [0.3, 0.4) is 0 Å². The van der Waals surface area contributed by atoms with Gasteiger partial charge in [0.25, 0.3) is 0 Å². The third-order valence-corrected chi connectivity index (χ3v) is 4.71. The van der Waals surface area contributed by atoms with Gasteiger partial charge in [0.05, 0.1) is 13.2 Å². The minimum atomic E-state index is 0.0766. The molecule has 0 bridgehead atoms.